The molecule has 16 heavy (non-hydrogen) atoms. The molecule has 0 saturated carbocycles. The first-order chi connectivity index (χ1) is 7.60. The highest BCUT2D eigenvalue weighted by atomic mass is 16.5. The predicted octanol–water partition coefficient (Wildman–Crippen LogP) is 2.99. The van der Waals surface area contributed by atoms with E-state index in [1.54, 1.807) is 0 Å². The van der Waals surface area contributed by atoms with E-state index in [1.165, 1.54) is 12.5 Å². The van der Waals surface area contributed by atoms with E-state index in [4.69, 9.17) is 5.11 Å². The van der Waals surface area contributed by atoms with Gasteiger partial charge in [0.25, 0.3) is 0 Å². The third-order valence-corrected chi connectivity index (χ3v) is 2.56. The number of hydrogen-bond donors (Lipinski definition) is 2. The van der Waals surface area contributed by atoms with Gasteiger partial charge in [-0.05, 0) is 32.1 Å². The number of aliphatic hydroxyl groups excluding tert-OH is 1. The number of rotatable bonds is 8. The molecule has 0 aliphatic carbocycles. The quantitative estimate of drug-likeness (QED) is 0.498. The average Bonchev–Trinajstić information content (AvgIpc) is 2.31. The highest BCUT2D eigenvalue weighted by Gasteiger charge is 2.20. The van der Waals surface area contributed by atoms with Gasteiger partial charge in [0.2, 0.25) is 0 Å². The summed E-state index contributed by atoms with van der Waals surface area (Å²) in [6.07, 6.45) is 6.81. The van der Waals surface area contributed by atoms with E-state index >= 15 is 0 Å². The van der Waals surface area contributed by atoms with Gasteiger partial charge in [-0.3, -0.25) is 0 Å². The molecule has 0 aromatic rings. The molecule has 0 aromatic carbocycles. The zero-order chi connectivity index (χ0) is 12.9. The minimum atomic E-state index is -0.477. The maximum absolute atomic E-state index is 9.77. The summed E-state index contributed by atoms with van der Waals surface area (Å²) in [5, 5.41) is 18.3. The van der Waals surface area contributed by atoms with Crippen molar-refractivity contribution in [1.82, 2.24) is 0 Å². The molecule has 0 bridgehead atoms. The van der Waals surface area contributed by atoms with Crippen molar-refractivity contribution >= 4 is 0 Å². The molecule has 3 nitrogen and oxygen atoms in total. The summed E-state index contributed by atoms with van der Waals surface area (Å²) < 4.78 is 4.36. The summed E-state index contributed by atoms with van der Waals surface area (Å²) in [4.78, 5) is 0. The van der Waals surface area contributed by atoms with Crippen LogP contribution in [0, 0.1) is 0 Å². The molecule has 0 spiro atoms. The second-order valence-electron chi connectivity index (χ2n) is 3.58. The second-order valence-corrected chi connectivity index (χ2v) is 3.58. The van der Waals surface area contributed by atoms with Gasteiger partial charge in [0.1, 0.15) is 0 Å². The molecule has 0 amide bonds. The van der Waals surface area contributed by atoms with Crippen LogP contribution in [0.2, 0.25) is 0 Å². The number of hydrogen-bond acceptors (Lipinski definition) is 3. The Hall–Kier alpha value is -0.800. The molecule has 0 atom stereocenters. The SMILES string of the molecule is C=COC=C.CCC(O)(CC)CCCCO. The smallest absolute Gasteiger partial charge is 0.0829 e. The summed E-state index contributed by atoms with van der Waals surface area (Å²) >= 11 is 0. The first-order valence-electron chi connectivity index (χ1n) is 5.80. The molecule has 0 aliphatic heterocycles. The fraction of sp³-hybridized carbons (Fsp3) is 0.692. The fourth-order valence-electron chi connectivity index (χ4n) is 1.24. The van der Waals surface area contributed by atoms with Gasteiger partial charge in [-0.1, -0.05) is 27.0 Å². The van der Waals surface area contributed by atoms with E-state index in [1.807, 2.05) is 13.8 Å². The molecule has 0 aliphatic rings. The van der Waals surface area contributed by atoms with Crippen LogP contribution in [0.3, 0.4) is 0 Å². The molecule has 0 heterocycles. The van der Waals surface area contributed by atoms with Crippen molar-refractivity contribution in [3.8, 4) is 0 Å². The van der Waals surface area contributed by atoms with Crippen molar-refractivity contribution < 1.29 is 14.9 Å². The lowest BCUT2D eigenvalue weighted by atomic mass is 9.91. The Kier molecular flexibility index (Phi) is 13.5. The average molecular weight is 230 g/mol. The Morgan fingerprint density at radius 1 is 1.12 bits per heavy atom. The first-order valence-corrected chi connectivity index (χ1v) is 5.80. The number of unbranched alkanes of at least 4 members (excludes halogenated alkanes) is 1. The summed E-state index contributed by atoms with van der Waals surface area (Å²) in [6, 6.07) is 0. The third-order valence-electron chi connectivity index (χ3n) is 2.56. The summed E-state index contributed by atoms with van der Waals surface area (Å²) in [5.74, 6) is 0. The predicted molar refractivity (Wildman–Crippen MR) is 67.9 cm³/mol. The lowest BCUT2D eigenvalue weighted by Crippen LogP contribution is -2.26. The Balaban J connectivity index is 0. The normalized spacial score (nSPS) is 10.0. The van der Waals surface area contributed by atoms with Crippen LogP contribution >= 0.6 is 0 Å². The largest absolute Gasteiger partial charge is 0.474 e. The molecule has 0 aromatic heterocycles. The molecule has 0 rings (SSSR count). The van der Waals surface area contributed by atoms with Gasteiger partial charge >= 0.3 is 0 Å². The van der Waals surface area contributed by atoms with Gasteiger partial charge in [-0.15, -0.1) is 0 Å². The summed E-state index contributed by atoms with van der Waals surface area (Å²) in [7, 11) is 0. The molecule has 2 N–H and O–H groups in total. The van der Waals surface area contributed by atoms with Crippen molar-refractivity contribution in [3.05, 3.63) is 25.7 Å². The monoisotopic (exact) mass is 230 g/mol. The zero-order valence-corrected chi connectivity index (χ0v) is 10.6. The highest BCUT2D eigenvalue weighted by molar-refractivity contribution is 4.74. The van der Waals surface area contributed by atoms with Crippen molar-refractivity contribution in [2.24, 2.45) is 0 Å². The lowest BCUT2D eigenvalue weighted by Gasteiger charge is -2.24. The molecule has 96 valence electrons. The minimum Gasteiger partial charge on any atom is -0.474 e. The topological polar surface area (TPSA) is 49.7 Å². The number of ether oxygens (including phenoxy) is 1. The van der Waals surface area contributed by atoms with Crippen LogP contribution in [0.25, 0.3) is 0 Å². The fourth-order valence-corrected chi connectivity index (χ4v) is 1.24. The second kappa shape index (κ2) is 12.3. The Bertz CT molecular complexity index is 157. The van der Waals surface area contributed by atoms with Crippen LogP contribution in [0.1, 0.15) is 46.0 Å². The van der Waals surface area contributed by atoms with E-state index in [9.17, 15) is 5.11 Å². The van der Waals surface area contributed by atoms with Gasteiger partial charge in [0, 0.05) is 6.61 Å². The van der Waals surface area contributed by atoms with Gasteiger partial charge in [0.05, 0.1) is 18.1 Å². The van der Waals surface area contributed by atoms with E-state index in [2.05, 4.69) is 17.9 Å². The van der Waals surface area contributed by atoms with Crippen LogP contribution in [0.15, 0.2) is 25.7 Å². The number of aliphatic hydroxyl groups is 2. The first kappa shape index (κ1) is 17.6. The molecule has 0 fully saturated rings. The molecule has 0 radical (unpaired) electrons. The van der Waals surface area contributed by atoms with Crippen LogP contribution in [0.4, 0.5) is 0 Å². The van der Waals surface area contributed by atoms with E-state index in [0.717, 1.165) is 32.1 Å². The lowest BCUT2D eigenvalue weighted by molar-refractivity contribution is 0.0202. The van der Waals surface area contributed by atoms with Crippen LogP contribution < -0.4 is 0 Å². The molecule has 3 heteroatoms. The third kappa shape index (κ3) is 11.3. The Labute approximate surface area is 99.4 Å². The molecular weight excluding hydrogens is 204 g/mol. The molecule has 0 unspecified atom stereocenters. The highest BCUT2D eigenvalue weighted by Crippen LogP contribution is 2.21. The maximum Gasteiger partial charge on any atom is 0.0829 e. The van der Waals surface area contributed by atoms with Crippen LogP contribution in [-0.2, 0) is 4.74 Å². The van der Waals surface area contributed by atoms with Crippen LogP contribution in [0.5, 0.6) is 0 Å². The molecule has 0 saturated heterocycles. The van der Waals surface area contributed by atoms with Crippen molar-refractivity contribution in [2.75, 3.05) is 6.61 Å². The van der Waals surface area contributed by atoms with Crippen molar-refractivity contribution in [3.63, 3.8) is 0 Å². The van der Waals surface area contributed by atoms with Crippen molar-refractivity contribution in [1.29, 1.82) is 0 Å². The van der Waals surface area contributed by atoms with Gasteiger partial charge < -0.3 is 14.9 Å². The Morgan fingerprint density at radius 3 is 1.88 bits per heavy atom. The van der Waals surface area contributed by atoms with Gasteiger partial charge in [-0.2, -0.15) is 0 Å². The van der Waals surface area contributed by atoms with Gasteiger partial charge in [-0.25, -0.2) is 0 Å². The summed E-state index contributed by atoms with van der Waals surface area (Å²) in [6.45, 7) is 10.8. The van der Waals surface area contributed by atoms with Gasteiger partial charge in [0.15, 0.2) is 0 Å². The van der Waals surface area contributed by atoms with Crippen LogP contribution in [-0.4, -0.2) is 22.4 Å². The van der Waals surface area contributed by atoms with Crippen molar-refractivity contribution in [2.45, 2.75) is 51.6 Å². The zero-order valence-electron chi connectivity index (χ0n) is 10.6. The van der Waals surface area contributed by atoms with E-state index in [0.29, 0.717) is 0 Å². The minimum absolute atomic E-state index is 0.240. The van der Waals surface area contributed by atoms with E-state index < -0.39 is 5.60 Å². The van der Waals surface area contributed by atoms with E-state index in [-0.39, 0.29) is 6.61 Å². The Morgan fingerprint density at radius 2 is 1.62 bits per heavy atom. The summed E-state index contributed by atoms with van der Waals surface area (Å²) in [5.41, 5.74) is -0.477. The maximum atomic E-state index is 9.77. The molecular formula is C13H26O3. The standard InChI is InChI=1S/C9H20O2.C4H6O/c1-3-9(11,4-2)7-5-6-8-10;1-3-5-4-2/h10-11H,3-8H2,1-2H3;3-4H,1-2H2.